The van der Waals surface area contributed by atoms with Gasteiger partial charge in [-0.3, -0.25) is 9.48 Å². The SMILES string of the molecule is Cc1nn(C)cc1-c1nc(C(=O)N[C@@H](C)CO)cc(-c2ccc(OC(F)(F)F)cc2)n1. The van der Waals surface area contributed by atoms with Crippen molar-refractivity contribution in [3.63, 3.8) is 0 Å². The van der Waals surface area contributed by atoms with E-state index in [1.807, 2.05) is 0 Å². The lowest BCUT2D eigenvalue weighted by Gasteiger charge is -2.13. The molecule has 0 saturated carbocycles. The minimum Gasteiger partial charge on any atom is -0.406 e. The monoisotopic (exact) mass is 435 g/mol. The lowest BCUT2D eigenvalue weighted by atomic mass is 10.1. The number of carbonyl (C=O) groups excluding carboxylic acids is 1. The van der Waals surface area contributed by atoms with Crippen LogP contribution in [0.15, 0.2) is 36.5 Å². The normalized spacial score (nSPS) is 12.5. The van der Waals surface area contributed by atoms with Crippen LogP contribution in [-0.2, 0) is 7.05 Å². The molecule has 0 radical (unpaired) electrons. The number of halogens is 3. The zero-order chi connectivity index (χ0) is 22.8. The summed E-state index contributed by atoms with van der Waals surface area (Å²) in [4.78, 5) is 21.4. The number of carbonyl (C=O) groups is 1. The number of nitrogens with one attached hydrogen (secondary N) is 1. The molecule has 0 unspecified atom stereocenters. The Bertz CT molecular complexity index is 1080. The van der Waals surface area contributed by atoms with E-state index in [0.717, 1.165) is 12.1 Å². The number of nitrogens with zero attached hydrogens (tertiary/aromatic N) is 4. The summed E-state index contributed by atoms with van der Waals surface area (Å²) in [5.41, 5.74) is 2.08. The number of aliphatic hydroxyl groups excluding tert-OH is 1. The number of aryl methyl sites for hydroxylation is 2. The van der Waals surface area contributed by atoms with Crippen molar-refractivity contribution in [2.24, 2.45) is 7.05 Å². The van der Waals surface area contributed by atoms with E-state index in [0.29, 0.717) is 22.5 Å². The van der Waals surface area contributed by atoms with E-state index in [4.69, 9.17) is 0 Å². The van der Waals surface area contributed by atoms with Gasteiger partial charge in [0, 0.05) is 24.8 Å². The van der Waals surface area contributed by atoms with Crippen molar-refractivity contribution >= 4 is 5.91 Å². The molecule has 1 amide bonds. The fraction of sp³-hybridized carbons (Fsp3) is 0.300. The Labute approximate surface area is 175 Å². The van der Waals surface area contributed by atoms with Gasteiger partial charge in [-0.1, -0.05) is 0 Å². The number of alkyl halides is 3. The van der Waals surface area contributed by atoms with Crippen LogP contribution < -0.4 is 10.1 Å². The second-order valence-corrected chi connectivity index (χ2v) is 6.89. The Hall–Kier alpha value is -3.47. The standard InChI is InChI=1S/C20H20F3N5O3/c1-11(10-29)24-19(30)17-8-16(13-4-6-14(7-5-13)31-20(21,22)23)25-18(26-17)15-9-28(3)27-12(15)2/h4-9,11,29H,10H2,1-3H3,(H,24,30)/t11-/m0/s1. The Morgan fingerprint density at radius 2 is 1.94 bits per heavy atom. The van der Waals surface area contributed by atoms with Crippen LogP contribution in [0.2, 0.25) is 0 Å². The molecule has 0 aliphatic heterocycles. The number of hydrogen-bond donors (Lipinski definition) is 2. The summed E-state index contributed by atoms with van der Waals surface area (Å²) in [6.07, 6.45) is -3.09. The van der Waals surface area contributed by atoms with Crippen LogP contribution >= 0.6 is 0 Å². The van der Waals surface area contributed by atoms with Gasteiger partial charge in [0.1, 0.15) is 11.4 Å². The van der Waals surface area contributed by atoms with Crippen molar-refractivity contribution < 1.29 is 27.8 Å². The van der Waals surface area contributed by atoms with Gasteiger partial charge in [-0.15, -0.1) is 13.2 Å². The predicted molar refractivity (Wildman–Crippen MR) is 105 cm³/mol. The first kappa shape index (κ1) is 22.2. The van der Waals surface area contributed by atoms with Crippen LogP contribution in [0.25, 0.3) is 22.6 Å². The predicted octanol–water partition coefficient (Wildman–Crippen LogP) is 2.86. The van der Waals surface area contributed by atoms with Crippen LogP contribution in [0, 0.1) is 6.92 Å². The largest absolute Gasteiger partial charge is 0.573 e. The molecule has 0 saturated heterocycles. The third kappa shape index (κ3) is 5.57. The fourth-order valence-electron chi connectivity index (χ4n) is 2.82. The van der Waals surface area contributed by atoms with Gasteiger partial charge >= 0.3 is 6.36 Å². The Kier molecular flexibility index (Phi) is 6.25. The van der Waals surface area contributed by atoms with Crippen molar-refractivity contribution in [3.8, 4) is 28.4 Å². The van der Waals surface area contributed by atoms with Crippen molar-refractivity contribution in [2.75, 3.05) is 6.61 Å². The van der Waals surface area contributed by atoms with Gasteiger partial charge in [0.25, 0.3) is 5.91 Å². The molecule has 2 heterocycles. The molecule has 1 atom stereocenters. The van der Waals surface area contributed by atoms with E-state index in [1.54, 1.807) is 31.8 Å². The summed E-state index contributed by atoms with van der Waals surface area (Å²) < 4.78 is 42.7. The van der Waals surface area contributed by atoms with E-state index < -0.39 is 18.3 Å². The maximum Gasteiger partial charge on any atom is 0.573 e. The number of benzene rings is 1. The first-order valence-corrected chi connectivity index (χ1v) is 9.23. The summed E-state index contributed by atoms with van der Waals surface area (Å²) in [5.74, 6) is -0.658. The number of amides is 1. The zero-order valence-corrected chi connectivity index (χ0v) is 16.9. The van der Waals surface area contributed by atoms with Crippen LogP contribution in [0.3, 0.4) is 0 Å². The van der Waals surface area contributed by atoms with E-state index in [-0.39, 0.29) is 23.9 Å². The molecule has 31 heavy (non-hydrogen) atoms. The molecule has 3 rings (SSSR count). The molecule has 8 nitrogen and oxygen atoms in total. The summed E-state index contributed by atoms with van der Waals surface area (Å²) in [5, 5.41) is 16.1. The van der Waals surface area contributed by atoms with Gasteiger partial charge in [-0.2, -0.15) is 5.10 Å². The first-order chi connectivity index (χ1) is 14.6. The van der Waals surface area contributed by atoms with Gasteiger partial charge < -0.3 is 15.2 Å². The summed E-state index contributed by atoms with van der Waals surface area (Å²) >= 11 is 0. The number of ether oxygens (including phenoxy) is 1. The first-order valence-electron chi connectivity index (χ1n) is 9.23. The minimum atomic E-state index is -4.80. The zero-order valence-electron chi connectivity index (χ0n) is 16.9. The Balaban J connectivity index is 2.04. The second kappa shape index (κ2) is 8.72. The topological polar surface area (TPSA) is 102 Å². The molecule has 0 spiro atoms. The molecule has 0 aliphatic carbocycles. The van der Waals surface area contributed by atoms with Crippen molar-refractivity contribution in [1.29, 1.82) is 0 Å². The molecule has 1 aromatic carbocycles. The van der Waals surface area contributed by atoms with E-state index in [2.05, 4.69) is 25.1 Å². The average Bonchev–Trinajstić information content (AvgIpc) is 3.05. The second-order valence-electron chi connectivity index (χ2n) is 6.89. The molecule has 2 aromatic heterocycles. The fourth-order valence-corrected chi connectivity index (χ4v) is 2.82. The number of hydrogen-bond acceptors (Lipinski definition) is 6. The highest BCUT2D eigenvalue weighted by Gasteiger charge is 2.31. The highest BCUT2D eigenvalue weighted by atomic mass is 19.4. The van der Waals surface area contributed by atoms with Crippen LogP contribution in [0.5, 0.6) is 5.75 Å². The smallest absolute Gasteiger partial charge is 0.406 e. The number of aliphatic hydroxyl groups is 1. The van der Waals surface area contributed by atoms with E-state index in [1.165, 1.54) is 18.2 Å². The van der Waals surface area contributed by atoms with Gasteiger partial charge in [0.2, 0.25) is 0 Å². The maximum absolute atomic E-state index is 12.6. The van der Waals surface area contributed by atoms with Crippen LogP contribution in [0.1, 0.15) is 23.1 Å². The third-order valence-corrected chi connectivity index (χ3v) is 4.25. The summed E-state index contributed by atoms with van der Waals surface area (Å²) in [7, 11) is 1.73. The minimum absolute atomic E-state index is 0.0409. The van der Waals surface area contributed by atoms with Gasteiger partial charge in [-0.05, 0) is 44.2 Å². The lowest BCUT2D eigenvalue weighted by Crippen LogP contribution is -2.35. The number of aromatic nitrogens is 4. The molecule has 11 heteroatoms. The van der Waals surface area contributed by atoms with Gasteiger partial charge in [0.05, 0.1) is 23.6 Å². The van der Waals surface area contributed by atoms with E-state index >= 15 is 0 Å². The maximum atomic E-state index is 12.6. The molecule has 2 N–H and O–H groups in total. The van der Waals surface area contributed by atoms with Crippen molar-refractivity contribution in [3.05, 3.63) is 47.9 Å². The molecule has 164 valence electrons. The number of rotatable bonds is 6. The van der Waals surface area contributed by atoms with Crippen LogP contribution in [0.4, 0.5) is 13.2 Å². The molecule has 0 aliphatic rings. The lowest BCUT2D eigenvalue weighted by molar-refractivity contribution is -0.274. The highest BCUT2D eigenvalue weighted by Crippen LogP contribution is 2.28. The van der Waals surface area contributed by atoms with Crippen molar-refractivity contribution in [1.82, 2.24) is 25.1 Å². The summed E-state index contributed by atoms with van der Waals surface area (Å²) in [6, 6.07) is 6.06. The molecule has 0 bridgehead atoms. The molecular formula is C20H20F3N5O3. The highest BCUT2D eigenvalue weighted by molar-refractivity contribution is 5.94. The molecule has 3 aromatic rings. The average molecular weight is 435 g/mol. The Morgan fingerprint density at radius 3 is 2.48 bits per heavy atom. The summed E-state index contributed by atoms with van der Waals surface area (Å²) in [6.45, 7) is 3.15. The van der Waals surface area contributed by atoms with Gasteiger partial charge in [0.15, 0.2) is 5.82 Å². The van der Waals surface area contributed by atoms with Crippen LogP contribution in [-0.4, -0.2) is 49.8 Å². The molecular weight excluding hydrogens is 415 g/mol. The van der Waals surface area contributed by atoms with Gasteiger partial charge in [-0.25, -0.2) is 9.97 Å². The quantitative estimate of drug-likeness (QED) is 0.617. The van der Waals surface area contributed by atoms with Crippen molar-refractivity contribution in [2.45, 2.75) is 26.3 Å². The Morgan fingerprint density at radius 1 is 1.26 bits per heavy atom. The molecule has 0 fully saturated rings. The van der Waals surface area contributed by atoms with E-state index in [9.17, 15) is 23.1 Å². The third-order valence-electron chi connectivity index (χ3n) is 4.25.